The van der Waals surface area contributed by atoms with Gasteiger partial charge in [0.05, 0.1) is 19.9 Å². The van der Waals surface area contributed by atoms with Gasteiger partial charge in [0.2, 0.25) is 0 Å². The first-order valence-electron chi connectivity index (χ1n) is 8.89. The van der Waals surface area contributed by atoms with Crippen molar-refractivity contribution in [2.24, 2.45) is 0 Å². The summed E-state index contributed by atoms with van der Waals surface area (Å²) in [5.41, 5.74) is 1.60. The van der Waals surface area contributed by atoms with E-state index in [4.69, 9.17) is 9.47 Å². The highest BCUT2D eigenvalue weighted by molar-refractivity contribution is 6.07. The molecule has 2 aromatic rings. The molecule has 146 valence electrons. The molecule has 1 aromatic heterocycles. The van der Waals surface area contributed by atoms with Crippen LogP contribution in [0.1, 0.15) is 12.5 Å². The van der Waals surface area contributed by atoms with E-state index in [0.29, 0.717) is 30.3 Å². The fraction of sp³-hybridized carbons (Fsp3) is 0.286. The molecule has 1 N–H and O–H groups in total. The van der Waals surface area contributed by atoms with Crippen molar-refractivity contribution in [2.75, 3.05) is 32.6 Å². The largest absolute Gasteiger partial charge is 0.497 e. The van der Waals surface area contributed by atoms with Crippen LogP contribution in [-0.2, 0) is 11.2 Å². The van der Waals surface area contributed by atoms with Crippen LogP contribution in [0.2, 0.25) is 0 Å². The first kappa shape index (κ1) is 20.8. The first-order chi connectivity index (χ1) is 13.6. The topological polar surface area (TPSA) is 87.5 Å². The predicted octanol–water partition coefficient (Wildman–Crippen LogP) is 3.01. The number of nitrogens with zero attached hydrogens (tertiary/aromatic N) is 3. The Morgan fingerprint density at radius 3 is 2.61 bits per heavy atom. The molecule has 0 saturated carbocycles. The molecule has 0 unspecified atom stereocenters. The van der Waals surface area contributed by atoms with Crippen molar-refractivity contribution in [1.29, 1.82) is 5.26 Å². The van der Waals surface area contributed by atoms with E-state index < -0.39 is 5.91 Å². The number of hydrogen-bond donors (Lipinski definition) is 1. The van der Waals surface area contributed by atoms with Gasteiger partial charge in [-0.3, -0.25) is 9.78 Å². The Bertz CT molecular complexity index is 860. The number of aromatic nitrogens is 1. The second kappa shape index (κ2) is 10.6. The molecule has 0 radical (unpaired) electrons. The lowest BCUT2D eigenvalue weighted by molar-refractivity contribution is -0.112. The highest BCUT2D eigenvalue weighted by atomic mass is 16.5. The lowest BCUT2D eigenvalue weighted by Crippen LogP contribution is -2.23. The Hall–Kier alpha value is -3.53. The van der Waals surface area contributed by atoms with E-state index in [0.717, 1.165) is 12.0 Å². The molecule has 1 heterocycles. The third-order valence-electron chi connectivity index (χ3n) is 4.17. The van der Waals surface area contributed by atoms with Gasteiger partial charge >= 0.3 is 0 Å². The SMILES string of the molecule is CCN(/C=C(/C#N)C(=O)Nc1cc(OC)ccc1OC)CCc1ccncc1. The van der Waals surface area contributed by atoms with Crippen LogP contribution in [0.3, 0.4) is 0 Å². The summed E-state index contributed by atoms with van der Waals surface area (Å²) in [4.78, 5) is 18.5. The summed E-state index contributed by atoms with van der Waals surface area (Å²) in [7, 11) is 3.05. The molecule has 0 atom stereocenters. The zero-order valence-electron chi connectivity index (χ0n) is 16.3. The van der Waals surface area contributed by atoms with Crippen molar-refractivity contribution in [1.82, 2.24) is 9.88 Å². The van der Waals surface area contributed by atoms with Crippen LogP contribution in [-0.4, -0.2) is 43.1 Å². The maximum Gasteiger partial charge on any atom is 0.267 e. The number of likely N-dealkylation sites (N-methyl/N-ethyl adjacent to an activating group) is 1. The summed E-state index contributed by atoms with van der Waals surface area (Å²) < 4.78 is 10.4. The van der Waals surface area contributed by atoms with Gasteiger partial charge < -0.3 is 19.7 Å². The van der Waals surface area contributed by atoms with Gasteiger partial charge in [0.25, 0.3) is 5.91 Å². The van der Waals surface area contributed by atoms with E-state index in [9.17, 15) is 10.1 Å². The third-order valence-corrected chi connectivity index (χ3v) is 4.17. The number of anilines is 1. The lowest BCUT2D eigenvalue weighted by Gasteiger charge is -2.19. The van der Waals surface area contributed by atoms with Gasteiger partial charge in [0.15, 0.2) is 0 Å². The van der Waals surface area contributed by atoms with Gasteiger partial charge in [-0.1, -0.05) is 0 Å². The summed E-state index contributed by atoms with van der Waals surface area (Å²) in [5.74, 6) is 0.555. The van der Waals surface area contributed by atoms with Crippen LogP contribution in [0.15, 0.2) is 54.5 Å². The molecular weight excluding hydrogens is 356 g/mol. The monoisotopic (exact) mass is 380 g/mol. The summed E-state index contributed by atoms with van der Waals surface area (Å²) >= 11 is 0. The van der Waals surface area contributed by atoms with Crippen molar-refractivity contribution >= 4 is 11.6 Å². The van der Waals surface area contributed by atoms with E-state index in [1.54, 1.807) is 36.8 Å². The molecule has 0 aliphatic heterocycles. The molecule has 0 fully saturated rings. The summed E-state index contributed by atoms with van der Waals surface area (Å²) in [6, 6.07) is 10.9. The van der Waals surface area contributed by atoms with Gasteiger partial charge in [0.1, 0.15) is 23.1 Å². The van der Waals surface area contributed by atoms with Crippen LogP contribution in [0, 0.1) is 11.3 Å². The standard InChI is InChI=1S/C21H24N4O3/c1-4-25(12-9-16-7-10-23-11-8-16)15-17(14-22)21(26)24-19-13-18(27-2)5-6-20(19)28-3/h5-8,10-11,13,15H,4,9,12H2,1-3H3,(H,24,26)/b17-15-. The van der Waals surface area contributed by atoms with Gasteiger partial charge in [0, 0.05) is 37.7 Å². The smallest absolute Gasteiger partial charge is 0.267 e. The fourth-order valence-corrected chi connectivity index (χ4v) is 2.56. The van der Waals surface area contributed by atoms with Gasteiger partial charge in [-0.2, -0.15) is 5.26 Å². The van der Waals surface area contributed by atoms with Crippen LogP contribution < -0.4 is 14.8 Å². The van der Waals surface area contributed by atoms with Crippen LogP contribution >= 0.6 is 0 Å². The molecule has 7 nitrogen and oxygen atoms in total. The number of nitrogens with one attached hydrogen (secondary N) is 1. The minimum Gasteiger partial charge on any atom is -0.497 e. The second-order valence-electron chi connectivity index (χ2n) is 5.91. The number of methoxy groups -OCH3 is 2. The van der Waals surface area contributed by atoms with E-state index in [2.05, 4.69) is 10.3 Å². The molecule has 1 aromatic carbocycles. The molecule has 0 saturated heterocycles. The van der Waals surface area contributed by atoms with E-state index >= 15 is 0 Å². The highest BCUT2D eigenvalue weighted by Crippen LogP contribution is 2.29. The maximum atomic E-state index is 12.6. The number of ether oxygens (including phenoxy) is 2. The fourth-order valence-electron chi connectivity index (χ4n) is 2.56. The number of hydrogen-bond acceptors (Lipinski definition) is 6. The number of rotatable bonds is 9. The third kappa shape index (κ3) is 5.74. The number of nitriles is 1. The number of benzene rings is 1. The maximum absolute atomic E-state index is 12.6. The van der Waals surface area contributed by atoms with E-state index in [1.165, 1.54) is 14.2 Å². The summed E-state index contributed by atoms with van der Waals surface area (Å²) in [6.45, 7) is 3.33. The quantitative estimate of drug-likeness (QED) is 0.531. The summed E-state index contributed by atoms with van der Waals surface area (Å²) in [5, 5.41) is 12.2. The first-order valence-corrected chi connectivity index (χ1v) is 8.89. The van der Waals surface area contributed by atoms with Crippen LogP contribution in [0.4, 0.5) is 5.69 Å². The second-order valence-corrected chi connectivity index (χ2v) is 5.91. The van der Waals surface area contributed by atoms with Crippen molar-refractivity contribution < 1.29 is 14.3 Å². The van der Waals surface area contributed by atoms with Gasteiger partial charge in [-0.25, -0.2) is 0 Å². The Balaban J connectivity index is 2.11. The van der Waals surface area contributed by atoms with Crippen molar-refractivity contribution in [3.63, 3.8) is 0 Å². The number of carbonyl (C=O) groups excluding carboxylic acids is 1. The Morgan fingerprint density at radius 1 is 1.25 bits per heavy atom. The minimum absolute atomic E-state index is 0.0152. The molecule has 0 aliphatic rings. The number of pyridine rings is 1. The van der Waals surface area contributed by atoms with Crippen LogP contribution in [0.25, 0.3) is 0 Å². The van der Waals surface area contributed by atoms with Gasteiger partial charge in [-0.15, -0.1) is 0 Å². The molecule has 7 heteroatoms. The molecule has 0 bridgehead atoms. The number of carbonyl (C=O) groups is 1. The highest BCUT2D eigenvalue weighted by Gasteiger charge is 2.14. The Kier molecular flexibility index (Phi) is 7.85. The molecule has 1 amide bonds. The van der Waals surface area contributed by atoms with Crippen molar-refractivity contribution in [3.05, 3.63) is 60.1 Å². The van der Waals surface area contributed by atoms with E-state index in [1.807, 2.05) is 30.0 Å². The minimum atomic E-state index is -0.503. The summed E-state index contributed by atoms with van der Waals surface area (Å²) in [6.07, 6.45) is 5.87. The van der Waals surface area contributed by atoms with Gasteiger partial charge in [-0.05, 0) is 43.2 Å². The lowest BCUT2D eigenvalue weighted by atomic mass is 10.2. The molecule has 2 rings (SSSR count). The zero-order valence-corrected chi connectivity index (χ0v) is 16.3. The predicted molar refractivity (Wildman–Crippen MR) is 107 cm³/mol. The normalized spacial score (nSPS) is 10.7. The van der Waals surface area contributed by atoms with Crippen LogP contribution in [0.5, 0.6) is 11.5 Å². The molecular formula is C21H24N4O3. The molecule has 0 aliphatic carbocycles. The average Bonchev–Trinajstić information content (AvgIpc) is 2.74. The molecule has 0 spiro atoms. The van der Waals surface area contributed by atoms with E-state index in [-0.39, 0.29) is 5.57 Å². The van der Waals surface area contributed by atoms with Crippen molar-refractivity contribution in [2.45, 2.75) is 13.3 Å². The number of amides is 1. The Labute approximate surface area is 165 Å². The molecule has 28 heavy (non-hydrogen) atoms. The van der Waals surface area contributed by atoms with Crippen molar-refractivity contribution in [3.8, 4) is 17.6 Å². The average molecular weight is 380 g/mol. The zero-order chi connectivity index (χ0) is 20.4. The Morgan fingerprint density at radius 2 is 2.00 bits per heavy atom.